The summed E-state index contributed by atoms with van der Waals surface area (Å²) < 4.78 is 35.1. The van der Waals surface area contributed by atoms with Crippen LogP contribution in [0.2, 0.25) is 0 Å². The SMILES string of the molecule is O=c1ccc(-c2cccnc2)nn1CC1CCCN1S(=O)(=O)c1ccc2c(c1)CCO2. The first-order valence-electron chi connectivity index (χ1n) is 10.3. The van der Waals surface area contributed by atoms with E-state index in [0.717, 1.165) is 23.3 Å². The van der Waals surface area contributed by atoms with Crippen LogP contribution < -0.4 is 10.3 Å². The van der Waals surface area contributed by atoms with Crippen LogP contribution in [0.25, 0.3) is 11.3 Å². The van der Waals surface area contributed by atoms with Crippen LogP contribution in [-0.2, 0) is 23.0 Å². The Labute approximate surface area is 180 Å². The Kier molecular flexibility index (Phi) is 5.07. The summed E-state index contributed by atoms with van der Waals surface area (Å²) >= 11 is 0. The van der Waals surface area contributed by atoms with Crippen LogP contribution in [0.1, 0.15) is 18.4 Å². The minimum absolute atomic E-state index is 0.209. The van der Waals surface area contributed by atoms with E-state index in [4.69, 9.17) is 4.74 Å². The van der Waals surface area contributed by atoms with E-state index >= 15 is 0 Å². The Balaban J connectivity index is 1.43. The molecule has 2 aliphatic rings. The van der Waals surface area contributed by atoms with Gasteiger partial charge in [-0.1, -0.05) is 0 Å². The summed E-state index contributed by atoms with van der Waals surface area (Å²) in [5, 5.41) is 4.47. The van der Waals surface area contributed by atoms with Gasteiger partial charge in [0.1, 0.15) is 5.75 Å². The molecule has 2 aliphatic heterocycles. The third-order valence-electron chi connectivity index (χ3n) is 5.80. The summed E-state index contributed by atoms with van der Waals surface area (Å²) in [6.07, 6.45) is 5.49. The zero-order valence-corrected chi connectivity index (χ0v) is 17.7. The number of aromatic nitrogens is 3. The van der Waals surface area contributed by atoms with Crippen molar-refractivity contribution in [1.29, 1.82) is 0 Å². The van der Waals surface area contributed by atoms with Crippen molar-refractivity contribution in [2.45, 2.75) is 36.7 Å². The van der Waals surface area contributed by atoms with E-state index in [0.29, 0.717) is 31.7 Å². The fraction of sp³-hybridized carbons (Fsp3) is 0.318. The summed E-state index contributed by atoms with van der Waals surface area (Å²) in [5.41, 5.74) is 2.08. The normalized spacial score (nSPS) is 18.6. The van der Waals surface area contributed by atoms with Crippen molar-refractivity contribution in [2.24, 2.45) is 0 Å². The third kappa shape index (κ3) is 3.75. The summed E-state index contributed by atoms with van der Waals surface area (Å²) in [5.74, 6) is 0.750. The number of sulfonamides is 1. The standard InChI is InChI=1S/C22H22N4O4S/c27-22-8-6-20(17-3-1-10-23-14-17)24-25(22)15-18-4-2-11-26(18)31(28,29)19-5-7-21-16(13-19)9-12-30-21/h1,3,5-8,10,13-14,18H,2,4,9,11-12,15H2. The monoisotopic (exact) mass is 438 g/mol. The Morgan fingerprint density at radius 2 is 2.06 bits per heavy atom. The van der Waals surface area contributed by atoms with Gasteiger partial charge >= 0.3 is 0 Å². The van der Waals surface area contributed by atoms with Crippen LogP contribution >= 0.6 is 0 Å². The number of hydrogen-bond acceptors (Lipinski definition) is 6. The van der Waals surface area contributed by atoms with Crippen molar-refractivity contribution in [3.05, 3.63) is 70.8 Å². The van der Waals surface area contributed by atoms with Crippen molar-refractivity contribution in [1.82, 2.24) is 19.1 Å². The molecule has 3 aromatic rings. The first-order valence-corrected chi connectivity index (χ1v) is 11.7. The van der Waals surface area contributed by atoms with E-state index in [1.165, 1.54) is 15.1 Å². The average Bonchev–Trinajstić information content (AvgIpc) is 3.45. The molecular weight excluding hydrogens is 416 g/mol. The molecule has 0 saturated carbocycles. The van der Waals surface area contributed by atoms with Gasteiger partial charge in [-0.05, 0) is 54.8 Å². The van der Waals surface area contributed by atoms with Gasteiger partial charge in [0.2, 0.25) is 10.0 Å². The van der Waals surface area contributed by atoms with Gasteiger partial charge in [-0.25, -0.2) is 13.1 Å². The molecule has 0 amide bonds. The van der Waals surface area contributed by atoms with Gasteiger partial charge in [-0.2, -0.15) is 9.40 Å². The number of ether oxygens (including phenoxy) is 1. The van der Waals surface area contributed by atoms with Gasteiger partial charge in [-0.3, -0.25) is 9.78 Å². The molecule has 0 N–H and O–H groups in total. The van der Waals surface area contributed by atoms with Crippen molar-refractivity contribution in [3.63, 3.8) is 0 Å². The maximum atomic E-state index is 13.4. The number of hydrogen-bond donors (Lipinski definition) is 0. The second-order valence-electron chi connectivity index (χ2n) is 7.76. The predicted octanol–water partition coefficient (Wildman–Crippen LogP) is 2.09. The Morgan fingerprint density at radius 3 is 2.90 bits per heavy atom. The molecule has 0 bridgehead atoms. The zero-order chi connectivity index (χ0) is 21.4. The lowest BCUT2D eigenvalue weighted by atomic mass is 10.2. The highest BCUT2D eigenvalue weighted by Gasteiger charge is 2.36. The van der Waals surface area contributed by atoms with E-state index in [-0.39, 0.29) is 23.0 Å². The van der Waals surface area contributed by atoms with Crippen molar-refractivity contribution in [2.75, 3.05) is 13.2 Å². The highest BCUT2D eigenvalue weighted by molar-refractivity contribution is 7.89. The van der Waals surface area contributed by atoms with Crippen LogP contribution in [0.3, 0.4) is 0 Å². The van der Waals surface area contributed by atoms with Crippen LogP contribution in [-0.4, -0.2) is 46.7 Å². The molecule has 4 heterocycles. The van der Waals surface area contributed by atoms with Crippen LogP contribution in [0.4, 0.5) is 0 Å². The molecule has 1 fully saturated rings. The van der Waals surface area contributed by atoms with Gasteiger partial charge < -0.3 is 4.74 Å². The lowest BCUT2D eigenvalue weighted by molar-refractivity contribution is 0.335. The van der Waals surface area contributed by atoms with E-state index in [1.807, 2.05) is 6.07 Å². The topological polar surface area (TPSA) is 94.4 Å². The molecular formula is C22H22N4O4S. The van der Waals surface area contributed by atoms with Gasteiger partial charge in [0.15, 0.2) is 0 Å². The molecule has 1 aromatic carbocycles. The maximum absolute atomic E-state index is 13.4. The number of nitrogens with zero attached hydrogens (tertiary/aromatic N) is 4. The highest BCUT2D eigenvalue weighted by atomic mass is 32.2. The molecule has 0 aliphatic carbocycles. The number of pyridine rings is 1. The molecule has 1 unspecified atom stereocenters. The predicted molar refractivity (Wildman–Crippen MR) is 114 cm³/mol. The molecule has 0 spiro atoms. The van der Waals surface area contributed by atoms with Gasteiger partial charge in [0, 0.05) is 43.0 Å². The summed E-state index contributed by atoms with van der Waals surface area (Å²) in [6.45, 7) is 1.21. The van der Waals surface area contributed by atoms with E-state index < -0.39 is 10.0 Å². The first kappa shape index (κ1) is 19.9. The van der Waals surface area contributed by atoms with Crippen molar-refractivity contribution in [3.8, 4) is 17.0 Å². The Bertz CT molecular complexity index is 1270. The fourth-order valence-corrected chi connectivity index (χ4v) is 5.95. The highest BCUT2D eigenvalue weighted by Crippen LogP contribution is 2.32. The van der Waals surface area contributed by atoms with Gasteiger partial charge in [0.25, 0.3) is 5.56 Å². The smallest absolute Gasteiger partial charge is 0.266 e. The van der Waals surface area contributed by atoms with Crippen LogP contribution in [0, 0.1) is 0 Å². The number of benzene rings is 1. The molecule has 9 heteroatoms. The third-order valence-corrected chi connectivity index (χ3v) is 7.75. The molecule has 0 radical (unpaired) electrons. The minimum Gasteiger partial charge on any atom is -0.493 e. The number of fused-ring (bicyclic) bond motifs is 1. The molecule has 31 heavy (non-hydrogen) atoms. The second-order valence-corrected chi connectivity index (χ2v) is 9.65. The molecule has 2 aromatic heterocycles. The Hall–Kier alpha value is -3.04. The van der Waals surface area contributed by atoms with Crippen molar-refractivity contribution >= 4 is 10.0 Å². The van der Waals surface area contributed by atoms with Gasteiger partial charge in [-0.15, -0.1) is 0 Å². The molecule has 160 valence electrons. The first-order chi connectivity index (χ1) is 15.0. The lowest BCUT2D eigenvalue weighted by Crippen LogP contribution is -2.40. The number of rotatable bonds is 5. The quantitative estimate of drug-likeness (QED) is 0.606. The molecule has 1 atom stereocenters. The maximum Gasteiger partial charge on any atom is 0.266 e. The van der Waals surface area contributed by atoms with Crippen LogP contribution in [0.5, 0.6) is 5.75 Å². The van der Waals surface area contributed by atoms with Crippen LogP contribution in [0.15, 0.2) is 64.5 Å². The van der Waals surface area contributed by atoms with Gasteiger partial charge in [0.05, 0.1) is 23.7 Å². The summed E-state index contributed by atoms with van der Waals surface area (Å²) in [7, 11) is -3.68. The van der Waals surface area contributed by atoms with E-state index in [1.54, 1.807) is 42.7 Å². The fourth-order valence-electron chi connectivity index (χ4n) is 4.21. The minimum atomic E-state index is -3.68. The zero-order valence-electron chi connectivity index (χ0n) is 16.8. The molecule has 1 saturated heterocycles. The second kappa shape index (κ2) is 7.90. The van der Waals surface area contributed by atoms with E-state index in [2.05, 4.69) is 10.1 Å². The molecule has 8 nitrogen and oxygen atoms in total. The lowest BCUT2D eigenvalue weighted by Gasteiger charge is -2.24. The average molecular weight is 439 g/mol. The Morgan fingerprint density at radius 1 is 1.16 bits per heavy atom. The molecule has 5 rings (SSSR count). The largest absolute Gasteiger partial charge is 0.493 e. The van der Waals surface area contributed by atoms with E-state index in [9.17, 15) is 13.2 Å². The summed E-state index contributed by atoms with van der Waals surface area (Å²) in [6, 6.07) is 11.5. The van der Waals surface area contributed by atoms with Crippen molar-refractivity contribution < 1.29 is 13.2 Å². The summed E-state index contributed by atoms with van der Waals surface area (Å²) in [4.78, 5) is 16.8.